The predicted molar refractivity (Wildman–Crippen MR) is 116 cm³/mol. The Morgan fingerprint density at radius 1 is 0.833 bits per heavy atom. The van der Waals surface area contributed by atoms with Gasteiger partial charge in [0.25, 0.3) is 10.0 Å². The van der Waals surface area contributed by atoms with E-state index < -0.39 is 10.0 Å². The van der Waals surface area contributed by atoms with Crippen molar-refractivity contribution in [2.75, 3.05) is 6.61 Å². The number of benzene rings is 3. The first-order valence-corrected chi connectivity index (χ1v) is 11.2. The molecule has 0 aromatic heterocycles. The lowest BCUT2D eigenvalue weighted by Crippen LogP contribution is -2.42. The third kappa shape index (κ3) is 3.65. The van der Waals surface area contributed by atoms with E-state index in [1.807, 2.05) is 65.7 Å². The Kier molecular flexibility index (Phi) is 5.72. The van der Waals surface area contributed by atoms with Gasteiger partial charge in [-0.3, -0.25) is 0 Å². The van der Waals surface area contributed by atoms with E-state index in [0.29, 0.717) is 17.8 Å². The molecule has 1 heterocycles. The number of sulfonamides is 1. The zero-order valence-electron chi connectivity index (χ0n) is 16.7. The smallest absolute Gasteiger partial charge is 0.277 e. The molecule has 30 heavy (non-hydrogen) atoms. The molecule has 1 unspecified atom stereocenters. The van der Waals surface area contributed by atoms with E-state index in [9.17, 15) is 13.5 Å². The lowest BCUT2D eigenvalue weighted by Gasteiger charge is -2.34. The van der Waals surface area contributed by atoms with Crippen molar-refractivity contribution < 1.29 is 13.5 Å². The summed E-state index contributed by atoms with van der Waals surface area (Å²) in [5.74, 6) is 0. The molecule has 0 fully saturated rings. The van der Waals surface area contributed by atoms with E-state index >= 15 is 0 Å². The zero-order valence-corrected chi connectivity index (χ0v) is 17.5. The molecule has 0 aliphatic carbocycles. The lowest BCUT2D eigenvalue weighted by molar-refractivity contribution is 0.0698. The van der Waals surface area contributed by atoms with Crippen LogP contribution < -0.4 is 0 Å². The molecule has 1 N–H and O–H groups in total. The Labute approximate surface area is 177 Å². The van der Waals surface area contributed by atoms with E-state index in [2.05, 4.69) is 0 Å². The summed E-state index contributed by atoms with van der Waals surface area (Å²) in [4.78, 5) is 0.216. The Bertz CT molecular complexity index is 1130. The average Bonchev–Trinajstić information content (AvgIpc) is 3.07. The summed E-state index contributed by atoms with van der Waals surface area (Å²) in [7, 11) is -3.85. The van der Waals surface area contributed by atoms with Crippen molar-refractivity contribution >= 4 is 10.0 Å². The first-order valence-electron chi connectivity index (χ1n) is 9.80. The molecule has 0 bridgehead atoms. The highest BCUT2D eigenvalue weighted by Crippen LogP contribution is 2.43. The summed E-state index contributed by atoms with van der Waals surface area (Å²) in [6.07, 6.45) is 0. The van der Waals surface area contributed by atoms with Crippen LogP contribution in [-0.2, 0) is 16.6 Å². The number of rotatable bonds is 6. The largest absolute Gasteiger partial charge is 0.392 e. The van der Waals surface area contributed by atoms with Crippen LogP contribution in [0.2, 0.25) is 0 Å². The van der Waals surface area contributed by atoms with E-state index in [1.165, 1.54) is 4.41 Å². The van der Waals surface area contributed by atoms with Gasteiger partial charge < -0.3 is 5.11 Å². The number of nitrogens with zero attached hydrogens (tertiary/aromatic N) is 2. The summed E-state index contributed by atoms with van der Waals surface area (Å²) in [5, 5.41) is 12.0. The summed E-state index contributed by atoms with van der Waals surface area (Å²) >= 11 is 0. The van der Waals surface area contributed by atoms with Gasteiger partial charge in [0, 0.05) is 17.8 Å². The normalized spacial score (nSPS) is 17.5. The van der Waals surface area contributed by atoms with E-state index in [0.717, 1.165) is 11.1 Å². The topological polar surface area (TPSA) is 60.9 Å². The van der Waals surface area contributed by atoms with Crippen LogP contribution >= 0.6 is 0 Å². The summed E-state index contributed by atoms with van der Waals surface area (Å²) in [5.41, 5.74) is 3.13. The fraction of sp³-hybridized carbons (Fsp3) is 0.167. The molecule has 0 saturated carbocycles. The third-order valence-corrected chi connectivity index (χ3v) is 7.16. The molecule has 0 spiro atoms. The van der Waals surface area contributed by atoms with Crippen molar-refractivity contribution in [3.8, 4) is 0 Å². The first kappa shape index (κ1) is 20.3. The second-order valence-corrected chi connectivity index (χ2v) is 8.99. The summed E-state index contributed by atoms with van der Waals surface area (Å²) in [6.45, 7) is 1.91. The van der Waals surface area contributed by atoms with Gasteiger partial charge in [0.2, 0.25) is 0 Å². The Hall–Kier alpha value is -2.93. The predicted octanol–water partition coefficient (Wildman–Crippen LogP) is 4.12. The summed E-state index contributed by atoms with van der Waals surface area (Å²) < 4.78 is 28.7. The van der Waals surface area contributed by atoms with Crippen LogP contribution in [0.15, 0.2) is 107 Å². The van der Waals surface area contributed by atoms with Crippen LogP contribution in [0, 0.1) is 0 Å². The molecule has 154 valence electrons. The molecule has 0 radical (unpaired) electrons. The number of aliphatic hydroxyl groups is 1. The molecule has 6 heteroatoms. The number of aliphatic hydroxyl groups excluding tert-OH is 1. The molecule has 1 aliphatic rings. The van der Waals surface area contributed by atoms with Crippen molar-refractivity contribution in [3.63, 3.8) is 0 Å². The zero-order chi connectivity index (χ0) is 21.1. The molecule has 0 amide bonds. The second kappa shape index (κ2) is 8.44. The van der Waals surface area contributed by atoms with E-state index in [-0.39, 0.29) is 17.5 Å². The molecule has 3 aromatic carbocycles. The highest BCUT2D eigenvalue weighted by Gasteiger charge is 2.43. The van der Waals surface area contributed by atoms with Crippen LogP contribution in [0.1, 0.15) is 24.1 Å². The number of hydrogen-bond acceptors (Lipinski definition) is 4. The summed E-state index contributed by atoms with van der Waals surface area (Å²) in [6, 6.07) is 27.5. The van der Waals surface area contributed by atoms with Gasteiger partial charge in [-0.1, -0.05) is 78.9 Å². The highest BCUT2D eigenvalue weighted by molar-refractivity contribution is 7.89. The molecular formula is C24H24N2O3S. The van der Waals surface area contributed by atoms with Gasteiger partial charge in [-0.25, -0.2) is 0 Å². The Morgan fingerprint density at radius 2 is 1.37 bits per heavy atom. The molecule has 3 aromatic rings. The minimum absolute atomic E-state index is 0.216. The highest BCUT2D eigenvalue weighted by atomic mass is 32.2. The van der Waals surface area contributed by atoms with Crippen molar-refractivity contribution in [2.45, 2.75) is 24.4 Å². The maximum atomic E-state index is 13.7. The van der Waals surface area contributed by atoms with E-state index in [1.54, 1.807) is 37.3 Å². The average molecular weight is 421 g/mol. The quantitative estimate of drug-likeness (QED) is 0.652. The van der Waals surface area contributed by atoms with Crippen LogP contribution in [0.4, 0.5) is 0 Å². The van der Waals surface area contributed by atoms with Gasteiger partial charge in [0.1, 0.15) is 0 Å². The molecule has 0 saturated heterocycles. The third-order valence-electron chi connectivity index (χ3n) is 5.35. The van der Waals surface area contributed by atoms with Gasteiger partial charge in [-0.15, -0.1) is 0 Å². The maximum Gasteiger partial charge on any atom is 0.277 e. The fourth-order valence-electron chi connectivity index (χ4n) is 3.94. The first-order chi connectivity index (χ1) is 14.5. The van der Waals surface area contributed by atoms with Crippen LogP contribution in [0.3, 0.4) is 0 Å². The number of hydrogen-bond donors (Lipinski definition) is 1. The van der Waals surface area contributed by atoms with Gasteiger partial charge in [0.15, 0.2) is 0 Å². The minimum Gasteiger partial charge on any atom is -0.392 e. The fourth-order valence-corrected chi connectivity index (χ4v) is 5.55. The van der Waals surface area contributed by atoms with Crippen molar-refractivity contribution in [3.05, 3.63) is 113 Å². The number of allylic oxidation sites excluding steroid dienone is 1. The molecule has 4 rings (SSSR count). The van der Waals surface area contributed by atoms with E-state index in [4.69, 9.17) is 0 Å². The minimum atomic E-state index is -3.85. The molecule has 5 nitrogen and oxygen atoms in total. The van der Waals surface area contributed by atoms with Crippen LogP contribution in [0.5, 0.6) is 0 Å². The number of hydrazine groups is 1. The molecular weight excluding hydrogens is 396 g/mol. The van der Waals surface area contributed by atoms with Gasteiger partial charge in [0.05, 0.1) is 17.5 Å². The van der Waals surface area contributed by atoms with Gasteiger partial charge in [-0.05, 0) is 30.2 Å². The van der Waals surface area contributed by atoms with Gasteiger partial charge >= 0.3 is 0 Å². The lowest BCUT2D eigenvalue weighted by atomic mass is 9.98. The van der Waals surface area contributed by atoms with Gasteiger partial charge in [-0.2, -0.15) is 17.8 Å². The SMILES string of the molecule is CC1=C(CO)C(c2ccccc2)N(Cc2ccccc2)N1S(=O)(=O)c1ccccc1. The van der Waals surface area contributed by atoms with Crippen molar-refractivity contribution in [1.29, 1.82) is 0 Å². The molecule has 1 aliphatic heterocycles. The monoisotopic (exact) mass is 420 g/mol. The second-order valence-electron chi connectivity index (χ2n) is 7.23. The van der Waals surface area contributed by atoms with Crippen molar-refractivity contribution in [1.82, 2.24) is 9.42 Å². The van der Waals surface area contributed by atoms with Crippen LogP contribution in [-0.4, -0.2) is 29.6 Å². The van der Waals surface area contributed by atoms with Crippen molar-refractivity contribution in [2.24, 2.45) is 0 Å². The standard InChI is InChI=1S/C24H24N2O3S/c1-19-23(18-27)24(21-13-7-3-8-14-21)25(17-20-11-5-2-6-12-20)26(19)30(28,29)22-15-9-4-10-16-22/h2-16,24,27H,17-18H2,1H3. The molecule has 1 atom stereocenters. The Morgan fingerprint density at radius 3 is 1.93 bits per heavy atom. The Balaban J connectivity index is 1.87. The maximum absolute atomic E-state index is 13.7. The van der Waals surface area contributed by atoms with Crippen LogP contribution in [0.25, 0.3) is 0 Å².